The lowest BCUT2D eigenvalue weighted by Gasteiger charge is -2.22. The van der Waals surface area contributed by atoms with Crippen molar-refractivity contribution in [3.05, 3.63) is 29.0 Å². The summed E-state index contributed by atoms with van der Waals surface area (Å²) in [5, 5.41) is 0.615. The number of carbonyl (C=O) groups excluding carboxylic acids is 1. The molecule has 1 unspecified atom stereocenters. The van der Waals surface area contributed by atoms with Crippen molar-refractivity contribution in [3.8, 4) is 0 Å². The van der Waals surface area contributed by atoms with Gasteiger partial charge in [0.1, 0.15) is 11.9 Å². The maximum atomic E-state index is 12.2. The van der Waals surface area contributed by atoms with Crippen LogP contribution in [0, 0.1) is 5.92 Å². The monoisotopic (exact) mass is 328 g/mol. The van der Waals surface area contributed by atoms with Crippen molar-refractivity contribution in [1.29, 1.82) is 0 Å². The van der Waals surface area contributed by atoms with Gasteiger partial charge in [0.25, 0.3) is 0 Å². The van der Waals surface area contributed by atoms with E-state index in [2.05, 4.69) is 4.98 Å². The predicted molar refractivity (Wildman–Crippen MR) is 85.1 cm³/mol. The van der Waals surface area contributed by atoms with E-state index in [1.165, 1.54) is 7.11 Å². The predicted octanol–water partition coefficient (Wildman–Crippen LogP) is 3.84. The maximum Gasteiger partial charge on any atom is 0.329 e. The molecule has 2 aromatic rings. The van der Waals surface area contributed by atoms with Crippen LogP contribution in [0.25, 0.3) is 11.0 Å². The molecule has 2 rings (SSSR count). The summed E-state index contributed by atoms with van der Waals surface area (Å²) in [5.74, 6) is 0.990. The van der Waals surface area contributed by atoms with Gasteiger partial charge in [0, 0.05) is 17.3 Å². The van der Waals surface area contributed by atoms with Crippen LogP contribution in [0.5, 0.6) is 0 Å². The first kappa shape index (κ1) is 16.1. The fraction of sp³-hybridized carbons (Fsp3) is 0.467. The molecule has 1 heterocycles. The number of hydrogen-bond acceptors (Lipinski definition) is 3. The minimum Gasteiger partial charge on any atom is -0.467 e. The van der Waals surface area contributed by atoms with Crippen molar-refractivity contribution in [2.75, 3.05) is 13.0 Å². The molecule has 0 aliphatic heterocycles. The Morgan fingerprint density at radius 2 is 2.14 bits per heavy atom. The van der Waals surface area contributed by atoms with Crippen molar-refractivity contribution in [2.24, 2.45) is 5.92 Å². The van der Waals surface area contributed by atoms with Gasteiger partial charge in [-0.3, -0.25) is 0 Å². The van der Waals surface area contributed by atoms with E-state index in [9.17, 15) is 4.79 Å². The Kier molecular flexibility index (Phi) is 5.12. The molecule has 1 aromatic heterocycles. The molecule has 114 valence electrons. The Hall–Kier alpha value is -1.26. The molecule has 4 nitrogen and oxygen atoms in total. The summed E-state index contributed by atoms with van der Waals surface area (Å²) in [7, 11) is 1.40. The van der Waals surface area contributed by atoms with Gasteiger partial charge in [0.05, 0.1) is 18.1 Å². The van der Waals surface area contributed by atoms with E-state index < -0.39 is 6.04 Å². The Labute approximate surface area is 134 Å². The molecule has 0 aliphatic rings. The number of methoxy groups -OCH3 is 1. The Bertz CT molecular complexity index is 652. The van der Waals surface area contributed by atoms with Crippen LogP contribution in [0.2, 0.25) is 5.02 Å². The second kappa shape index (κ2) is 6.67. The minimum absolute atomic E-state index is 0.0691. The highest BCUT2D eigenvalue weighted by Crippen LogP contribution is 2.29. The van der Waals surface area contributed by atoms with Crippen molar-refractivity contribution in [1.82, 2.24) is 9.55 Å². The fourth-order valence-electron chi connectivity index (χ4n) is 2.49. The van der Waals surface area contributed by atoms with Gasteiger partial charge in [-0.15, -0.1) is 11.6 Å². The van der Waals surface area contributed by atoms with Gasteiger partial charge >= 0.3 is 5.97 Å². The van der Waals surface area contributed by atoms with Crippen molar-refractivity contribution in [3.63, 3.8) is 0 Å². The van der Waals surface area contributed by atoms with Crippen molar-refractivity contribution < 1.29 is 9.53 Å². The van der Waals surface area contributed by atoms with Crippen LogP contribution in [-0.4, -0.2) is 28.5 Å². The smallest absolute Gasteiger partial charge is 0.329 e. The molecule has 0 bridgehead atoms. The SMILES string of the molecule is COC(=O)C(C(C)C)n1c(CCCl)nc2cc(Cl)ccc21. The van der Waals surface area contributed by atoms with Gasteiger partial charge in [0.2, 0.25) is 0 Å². The highest BCUT2D eigenvalue weighted by atomic mass is 35.5. The van der Waals surface area contributed by atoms with Crippen molar-refractivity contribution in [2.45, 2.75) is 26.3 Å². The van der Waals surface area contributed by atoms with Crippen LogP contribution in [-0.2, 0) is 16.0 Å². The molecule has 0 spiro atoms. The molecular formula is C15H18Cl2N2O2. The van der Waals surface area contributed by atoms with E-state index in [-0.39, 0.29) is 11.9 Å². The zero-order chi connectivity index (χ0) is 15.6. The Balaban J connectivity index is 2.68. The van der Waals surface area contributed by atoms with Gasteiger partial charge in [-0.05, 0) is 24.1 Å². The largest absolute Gasteiger partial charge is 0.467 e. The summed E-state index contributed by atoms with van der Waals surface area (Å²) in [6.07, 6.45) is 0.577. The summed E-state index contributed by atoms with van der Waals surface area (Å²) in [6, 6.07) is 5.03. The van der Waals surface area contributed by atoms with E-state index >= 15 is 0 Å². The van der Waals surface area contributed by atoms with Gasteiger partial charge in [0.15, 0.2) is 0 Å². The number of hydrogen-bond donors (Lipinski definition) is 0. The number of halogens is 2. The molecule has 0 saturated carbocycles. The molecule has 21 heavy (non-hydrogen) atoms. The number of rotatable bonds is 5. The van der Waals surface area contributed by atoms with Gasteiger partial charge < -0.3 is 9.30 Å². The molecule has 0 N–H and O–H groups in total. The quantitative estimate of drug-likeness (QED) is 0.618. The first-order chi connectivity index (χ1) is 9.99. The van der Waals surface area contributed by atoms with Crippen molar-refractivity contribution >= 4 is 40.2 Å². The number of nitrogens with zero attached hydrogens (tertiary/aromatic N) is 2. The summed E-state index contributed by atoms with van der Waals surface area (Å²) in [5.41, 5.74) is 1.63. The Morgan fingerprint density at radius 1 is 1.43 bits per heavy atom. The number of carbonyl (C=O) groups is 1. The average molecular weight is 329 g/mol. The average Bonchev–Trinajstić information content (AvgIpc) is 2.76. The number of aryl methyl sites for hydroxylation is 1. The molecule has 0 fully saturated rings. The summed E-state index contributed by atoms with van der Waals surface area (Å²) in [6.45, 7) is 3.96. The number of imidazole rings is 1. The summed E-state index contributed by atoms with van der Waals surface area (Å²) < 4.78 is 6.88. The molecular weight excluding hydrogens is 311 g/mol. The second-order valence-electron chi connectivity index (χ2n) is 5.18. The Morgan fingerprint density at radius 3 is 2.71 bits per heavy atom. The molecule has 0 amide bonds. The molecule has 0 aliphatic carbocycles. The van der Waals surface area contributed by atoms with E-state index in [0.29, 0.717) is 17.3 Å². The van der Waals surface area contributed by atoms with Crippen LogP contribution < -0.4 is 0 Å². The van der Waals surface area contributed by atoms with E-state index in [1.54, 1.807) is 12.1 Å². The highest BCUT2D eigenvalue weighted by molar-refractivity contribution is 6.31. The maximum absolute atomic E-state index is 12.2. The fourth-order valence-corrected chi connectivity index (χ4v) is 2.82. The van der Waals surface area contributed by atoms with Gasteiger partial charge in [-0.25, -0.2) is 9.78 Å². The highest BCUT2D eigenvalue weighted by Gasteiger charge is 2.29. The second-order valence-corrected chi connectivity index (χ2v) is 6.00. The number of fused-ring (bicyclic) bond motifs is 1. The lowest BCUT2D eigenvalue weighted by Crippen LogP contribution is -2.27. The van der Waals surface area contributed by atoms with Crippen LogP contribution in [0.15, 0.2) is 18.2 Å². The van der Waals surface area contributed by atoms with E-state index in [1.807, 2.05) is 24.5 Å². The van der Waals surface area contributed by atoms with Crippen LogP contribution >= 0.6 is 23.2 Å². The number of aromatic nitrogens is 2. The van der Waals surface area contributed by atoms with Gasteiger partial charge in [-0.1, -0.05) is 25.4 Å². The normalized spacial score (nSPS) is 12.9. The van der Waals surface area contributed by atoms with E-state index in [0.717, 1.165) is 16.9 Å². The standard InChI is InChI=1S/C15H18Cl2N2O2/c1-9(2)14(15(20)21-3)19-12-5-4-10(17)8-11(12)18-13(19)6-7-16/h4-5,8-9,14H,6-7H2,1-3H3. The first-order valence-corrected chi connectivity index (χ1v) is 7.71. The van der Waals surface area contributed by atoms with Gasteiger partial charge in [-0.2, -0.15) is 0 Å². The number of alkyl halides is 1. The molecule has 6 heteroatoms. The molecule has 1 aromatic carbocycles. The molecule has 0 radical (unpaired) electrons. The summed E-state index contributed by atoms with van der Waals surface area (Å²) in [4.78, 5) is 16.8. The number of esters is 1. The first-order valence-electron chi connectivity index (χ1n) is 6.79. The lowest BCUT2D eigenvalue weighted by atomic mass is 10.0. The number of benzene rings is 1. The lowest BCUT2D eigenvalue weighted by molar-refractivity contribution is -0.145. The van der Waals surface area contributed by atoms with Crippen LogP contribution in [0.3, 0.4) is 0 Å². The topological polar surface area (TPSA) is 44.1 Å². The van der Waals surface area contributed by atoms with Crippen LogP contribution in [0.1, 0.15) is 25.7 Å². The third-order valence-corrected chi connectivity index (χ3v) is 3.82. The zero-order valence-electron chi connectivity index (χ0n) is 12.3. The third-order valence-electron chi connectivity index (χ3n) is 3.40. The zero-order valence-corrected chi connectivity index (χ0v) is 13.8. The number of ether oxygens (including phenoxy) is 1. The van der Waals surface area contributed by atoms with Crippen LogP contribution in [0.4, 0.5) is 0 Å². The molecule has 0 saturated heterocycles. The molecule has 1 atom stereocenters. The third kappa shape index (κ3) is 3.16. The minimum atomic E-state index is -0.431. The van der Waals surface area contributed by atoms with E-state index in [4.69, 9.17) is 27.9 Å². The summed E-state index contributed by atoms with van der Waals surface area (Å²) >= 11 is 11.9.